The molecule has 1 aromatic rings. The average molecular weight is 318 g/mol. The maximum Gasteiger partial charge on any atom is 0.323 e. The molecule has 2 fully saturated rings. The van der Waals surface area contributed by atoms with E-state index in [1.807, 2.05) is 30.3 Å². The topological polar surface area (TPSA) is 70.6 Å². The number of fused-ring (bicyclic) bond motifs is 2. The highest BCUT2D eigenvalue weighted by Gasteiger charge is 2.40. The normalized spacial score (nSPS) is 29.0. The highest BCUT2D eigenvalue weighted by molar-refractivity contribution is 5.76. The molecule has 1 aromatic carbocycles. The van der Waals surface area contributed by atoms with E-state index in [-0.39, 0.29) is 30.6 Å². The minimum atomic E-state index is -0.373. The summed E-state index contributed by atoms with van der Waals surface area (Å²) in [5.74, 6) is 0.0182. The molecular weight excluding hydrogens is 292 g/mol. The van der Waals surface area contributed by atoms with Crippen LogP contribution in [-0.4, -0.2) is 42.9 Å². The number of methoxy groups -OCH3 is 1. The summed E-state index contributed by atoms with van der Waals surface area (Å²) >= 11 is 0. The van der Waals surface area contributed by atoms with Gasteiger partial charge in [0.25, 0.3) is 0 Å². The Morgan fingerprint density at radius 2 is 1.96 bits per heavy atom. The zero-order valence-corrected chi connectivity index (χ0v) is 13.6. The summed E-state index contributed by atoms with van der Waals surface area (Å²) in [6.07, 6.45) is 4.35. The number of piperidine rings is 1. The first kappa shape index (κ1) is 16.4. The standard InChI is InChI=1S/C18H26N2O3/c1-23-18(22)17(13-9-14-7-8-15(10-13)19-14)20-16(11-21)12-5-3-2-4-6-12/h2-6,13-17,19-21H,7-11H2,1H3. The van der Waals surface area contributed by atoms with E-state index < -0.39 is 0 Å². The van der Waals surface area contributed by atoms with E-state index >= 15 is 0 Å². The van der Waals surface area contributed by atoms with Gasteiger partial charge in [-0.15, -0.1) is 0 Å². The van der Waals surface area contributed by atoms with Gasteiger partial charge in [0.05, 0.1) is 19.8 Å². The number of benzene rings is 1. The third-order valence-electron chi connectivity index (χ3n) is 5.20. The zero-order valence-electron chi connectivity index (χ0n) is 13.6. The van der Waals surface area contributed by atoms with Crippen molar-refractivity contribution in [2.24, 2.45) is 5.92 Å². The lowest BCUT2D eigenvalue weighted by Crippen LogP contribution is -2.51. The Balaban J connectivity index is 1.75. The minimum absolute atomic E-state index is 0.0463. The lowest BCUT2D eigenvalue weighted by atomic mass is 9.85. The Morgan fingerprint density at radius 3 is 2.52 bits per heavy atom. The molecular formula is C18H26N2O3. The molecule has 3 N–H and O–H groups in total. The van der Waals surface area contributed by atoms with Crippen molar-refractivity contribution in [1.82, 2.24) is 10.6 Å². The van der Waals surface area contributed by atoms with Gasteiger partial charge in [0.1, 0.15) is 6.04 Å². The smallest absolute Gasteiger partial charge is 0.323 e. The van der Waals surface area contributed by atoms with Gasteiger partial charge in [0.15, 0.2) is 0 Å². The number of hydrogen-bond acceptors (Lipinski definition) is 5. The van der Waals surface area contributed by atoms with Crippen LogP contribution in [-0.2, 0) is 9.53 Å². The fourth-order valence-electron chi connectivity index (χ4n) is 4.05. The predicted octanol–water partition coefficient (Wildman–Crippen LogP) is 1.38. The summed E-state index contributed by atoms with van der Waals surface area (Å²) in [6, 6.07) is 10.2. The van der Waals surface area contributed by atoms with E-state index in [9.17, 15) is 9.90 Å². The summed E-state index contributed by atoms with van der Waals surface area (Å²) in [5.41, 5.74) is 0.987. The summed E-state index contributed by atoms with van der Waals surface area (Å²) in [6.45, 7) is -0.0463. The maximum atomic E-state index is 12.3. The highest BCUT2D eigenvalue weighted by atomic mass is 16.5. The number of carbonyl (C=O) groups excluding carboxylic acids is 1. The molecule has 5 nitrogen and oxygen atoms in total. The van der Waals surface area contributed by atoms with Gasteiger partial charge in [0, 0.05) is 12.1 Å². The summed E-state index contributed by atoms with van der Waals surface area (Å²) in [7, 11) is 1.43. The predicted molar refractivity (Wildman–Crippen MR) is 87.9 cm³/mol. The first-order valence-electron chi connectivity index (χ1n) is 8.47. The van der Waals surface area contributed by atoms with Crippen LogP contribution in [0.4, 0.5) is 0 Å². The molecule has 126 valence electrons. The van der Waals surface area contributed by atoms with Crippen LogP contribution >= 0.6 is 0 Å². The number of nitrogens with one attached hydrogen (secondary N) is 2. The molecule has 0 amide bonds. The fraction of sp³-hybridized carbons (Fsp3) is 0.611. The van der Waals surface area contributed by atoms with Gasteiger partial charge in [-0.2, -0.15) is 0 Å². The SMILES string of the molecule is COC(=O)C(NC(CO)c1ccccc1)C1CC2CCC(C1)N2. The van der Waals surface area contributed by atoms with E-state index in [1.165, 1.54) is 20.0 Å². The van der Waals surface area contributed by atoms with Crippen LogP contribution in [0.5, 0.6) is 0 Å². The van der Waals surface area contributed by atoms with E-state index in [1.54, 1.807) is 0 Å². The summed E-state index contributed by atoms with van der Waals surface area (Å²) in [4.78, 5) is 12.3. The lowest BCUT2D eigenvalue weighted by Gasteiger charge is -2.35. The first-order valence-corrected chi connectivity index (χ1v) is 8.47. The number of aliphatic hydroxyl groups is 1. The van der Waals surface area contributed by atoms with Gasteiger partial charge in [-0.1, -0.05) is 30.3 Å². The minimum Gasteiger partial charge on any atom is -0.468 e. The Labute approximate surface area is 137 Å². The molecule has 0 aromatic heterocycles. The lowest BCUT2D eigenvalue weighted by molar-refractivity contribution is -0.145. The van der Waals surface area contributed by atoms with Crippen molar-refractivity contribution in [1.29, 1.82) is 0 Å². The van der Waals surface area contributed by atoms with Gasteiger partial charge in [-0.05, 0) is 37.2 Å². The molecule has 2 bridgehead atoms. The zero-order chi connectivity index (χ0) is 16.2. The molecule has 2 aliphatic heterocycles. The molecule has 2 heterocycles. The Hall–Kier alpha value is -1.43. The molecule has 5 heteroatoms. The van der Waals surface area contributed by atoms with Crippen LogP contribution in [0.3, 0.4) is 0 Å². The number of esters is 1. The first-order chi connectivity index (χ1) is 11.2. The van der Waals surface area contributed by atoms with Crippen LogP contribution in [0.25, 0.3) is 0 Å². The van der Waals surface area contributed by atoms with Gasteiger partial charge in [0.2, 0.25) is 0 Å². The van der Waals surface area contributed by atoms with E-state index in [0.29, 0.717) is 12.1 Å². The van der Waals surface area contributed by atoms with Crippen molar-refractivity contribution < 1.29 is 14.6 Å². The second-order valence-corrected chi connectivity index (χ2v) is 6.68. The molecule has 3 rings (SSSR count). The fourth-order valence-corrected chi connectivity index (χ4v) is 4.05. The van der Waals surface area contributed by atoms with Crippen molar-refractivity contribution in [3.05, 3.63) is 35.9 Å². The third kappa shape index (κ3) is 3.74. The van der Waals surface area contributed by atoms with Crippen molar-refractivity contribution in [2.45, 2.75) is 49.9 Å². The van der Waals surface area contributed by atoms with E-state index in [4.69, 9.17) is 4.74 Å². The van der Waals surface area contributed by atoms with Crippen molar-refractivity contribution in [3.8, 4) is 0 Å². The van der Waals surface area contributed by atoms with Crippen molar-refractivity contribution in [2.75, 3.05) is 13.7 Å². The van der Waals surface area contributed by atoms with Gasteiger partial charge >= 0.3 is 5.97 Å². The van der Waals surface area contributed by atoms with E-state index in [2.05, 4.69) is 10.6 Å². The van der Waals surface area contributed by atoms with E-state index in [0.717, 1.165) is 18.4 Å². The highest BCUT2D eigenvalue weighted by Crippen LogP contribution is 2.33. The Morgan fingerprint density at radius 1 is 1.30 bits per heavy atom. The quantitative estimate of drug-likeness (QED) is 0.691. The summed E-state index contributed by atoms with van der Waals surface area (Å²) < 4.78 is 5.03. The molecule has 2 aliphatic rings. The number of ether oxygens (including phenoxy) is 1. The molecule has 4 atom stereocenters. The molecule has 0 saturated carbocycles. The second kappa shape index (κ2) is 7.43. The average Bonchev–Trinajstić information content (AvgIpc) is 2.94. The second-order valence-electron chi connectivity index (χ2n) is 6.68. The molecule has 0 spiro atoms. The Bertz CT molecular complexity index is 510. The third-order valence-corrected chi connectivity index (χ3v) is 5.20. The molecule has 4 unspecified atom stereocenters. The van der Waals surface area contributed by atoms with Gasteiger partial charge in [-0.3, -0.25) is 10.1 Å². The molecule has 23 heavy (non-hydrogen) atoms. The van der Waals surface area contributed by atoms with Crippen molar-refractivity contribution in [3.63, 3.8) is 0 Å². The van der Waals surface area contributed by atoms with Crippen LogP contribution < -0.4 is 10.6 Å². The monoisotopic (exact) mass is 318 g/mol. The number of hydrogen-bond donors (Lipinski definition) is 3. The van der Waals surface area contributed by atoms with Crippen molar-refractivity contribution >= 4 is 5.97 Å². The van der Waals surface area contributed by atoms with Crippen LogP contribution in [0.2, 0.25) is 0 Å². The largest absolute Gasteiger partial charge is 0.468 e. The maximum absolute atomic E-state index is 12.3. The number of aliphatic hydroxyl groups excluding tert-OH is 1. The van der Waals surface area contributed by atoms with Crippen LogP contribution in [0.15, 0.2) is 30.3 Å². The van der Waals surface area contributed by atoms with Gasteiger partial charge in [-0.25, -0.2) is 0 Å². The molecule has 0 radical (unpaired) electrons. The number of rotatable bonds is 6. The van der Waals surface area contributed by atoms with Crippen LogP contribution in [0.1, 0.15) is 37.3 Å². The van der Waals surface area contributed by atoms with Gasteiger partial charge < -0.3 is 15.2 Å². The molecule has 0 aliphatic carbocycles. The van der Waals surface area contributed by atoms with Crippen LogP contribution in [0, 0.1) is 5.92 Å². The molecule has 2 saturated heterocycles. The Kier molecular flexibility index (Phi) is 5.30. The summed E-state index contributed by atoms with van der Waals surface area (Å²) in [5, 5.41) is 16.7. The number of carbonyl (C=O) groups is 1.